The Balaban J connectivity index is 2.40. The monoisotopic (exact) mass is 332 g/mol. The standard InChI is InChI=1S/C13H17ClN2O4S/c1-15(2)13(17)11-9-10(3-4-12(11)14)21(18,19)16-5-7-20-8-6-16/h3-4,9H,5-8H2,1-2H3. The van der Waals surface area contributed by atoms with Crippen LogP contribution in [0.4, 0.5) is 0 Å². The topological polar surface area (TPSA) is 66.9 Å². The third kappa shape index (κ3) is 3.37. The van der Waals surface area contributed by atoms with Gasteiger partial charge in [-0.1, -0.05) is 11.6 Å². The molecule has 21 heavy (non-hydrogen) atoms. The molecule has 1 aliphatic rings. The number of morpholine rings is 1. The first-order chi connectivity index (χ1) is 9.84. The highest BCUT2D eigenvalue weighted by molar-refractivity contribution is 7.89. The molecule has 0 bridgehead atoms. The van der Waals surface area contributed by atoms with Crippen LogP contribution in [0.25, 0.3) is 0 Å². The van der Waals surface area contributed by atoms with E-state index in [4.69, 9.17) is 16.3 Å². The predicted octanol–water partition coefficient (Wildman–Crippen LogP) is 1.06. The lowest BCUT2D eigenvalue weighted by molar-refractivity contribution is 0.0730. The SMILES string of the molecule is CN(C)C(=O)c1cc(S(=O)(=O)N2CCOCC2)ccc1Cl. The number of halogens is 1. The second kappa shape index (κ2) is 6.31. The van der Waals surface area contributed by atoms with Crippen LogP contribution in [-0.2, 0) is 14.8 Å². The minimum atomic E-state index is -3.64. The second-order valence-corrected chi connectivity index (χ2v) is 7.20. The summed E-state index contributed by atoms with van der Waals surface area (Å²) in [5.74, 6) is -0.334. The smallest absolute Gasteiger partial charge is 0.254 e. The van der Waals surface area contributed by atoms with Gasteiger partial charge in [0.05, 0.1) is 28.7 Å². The average Bonchev–Trinajstić information content (AvgIpc) is 2.47. The van der Waals surface area contributed by atoms with Crippen LogP contribution >= 0.6 is 11.6 Å². The van der Waals surface area contributed by atoms with Gasteiger partial charge in [0, 0.05) is 27.2 Å². The Bertz CT molecular complexity index is 640. The number of carbonyl (C=O) groups is 1. The molecule has 0 unspecified atom stereocenters. The Kier molecular flexibility index (Phi) is 4.88. The quantitative estimate of drug-likeness (QED) is 0.830. The van der Waals surface area contributed by atoms with Crippen molar-refractivity contribution in [1.29, 1.82) is 0 Å². The van der Waals surface area contributed by atoms with Crippen molar-refractivity contribution < 1.29 is 17.9 Å². The van der Waals surface area contributed by atoms with Crippen LogP contribution in [0.3, 0.4) is 0 Å². The Morgan fingerprint density at radius 1 is 1.29 bits per heavy atom. The molecule has 0 atom stereocenters. The minimum Gasteiger partial charge on any atom is -0.379 e. The summed E-state index contributed by atoms with van der Waals surface area (Å²) in [5, 5.41) is 0.231. The molecule has 1 saturated heterocycles. The van der Waals surface area contributed by atoms with Crippen molar-refractivity contribution >= 4 is 27.5 Å². The molecule has 1 aliphatic heterocycles. The zero-order valence-electron chi connectivity index (χ0n) is 11.9. The first kappa shape index (κ1) is 16.2. The normalized spacial score (nSPS) is 16.7. The molecule has 1 amide bonds. The molecule has 116 valence electrons. The van der Waals surface area contributed by atoms with Crippen molar-refractivity contribution in [3.63, 3.8) is 0 Å². The van der Waals surface area contributed by atoms with Gasteiger partial charge in [-0.3, -0.25) is 4.79 Å². The minimum absolute atomic E-state index is 0.0685. The number of rotatable bonds is 3. The maximum absolute atomic E-state index is 12.5. The highest BCUT2D eigenvalue weighted by atomic mass is 35.5. The van der Waals surface area contributed by atoms with Crippen molar-refractivity contribution in [1.82, 2.24) is 9.21 Å². The lowest BCUT2D eigenvalue weighted by Crippen LogP contribution is -2.40. The number of carbonyl (C=O) groups excluding carboxylic acids is 1. The lowest BCUT2D eigenvalue weighted by atomic mass is 10.2. The largest absolute Gasteiger partial charge is 0.379 e. The second-order valence-electron chi connectivity index (χ2n) is 4.86. The fourth-order valence-corrected chi connectivity index (χ4v) is 3.64. The highest BCUT2D eigenvalue weighted by Gasteiger charge is 2.27. The number of hydrogen-bond donors (Lipinski definition) is 0. The Labute approximate surface area is 129 Å². The van der Waals surface area contributed by atoms with Gasteiger partial charge in [0.25, 0.3) is 5.91 Å². The van der Waals surface area contributed by atoms with E-state index in [1.54, 1.807) is 14.1 Å². The van der Waals surface area contributed by atoms with Crippen LogP contribution in [0.15, 0.2) is 23.1 Å². The van der Waals surface area contributed by atoms with Crippen LogP contribution in [-0.4, -0.2) is 63.9 Å². The molecule has 0 N–H and O–H groups in total. The number of sulfonamides is 1. The molecule has 0 radical (unpaired) electrons. The number of ether oxygens (including phenoxy) is 1. The molecule has 0 saturated carbocycles. The summed E-state index contributed by atoms with van der Waals surface area (Å²) in [5.41, 5.74) is 0.177. The van der Waals surface area contributed by atoms with Gasteiger partial charge in [-0.2, -0.15) is 4.31 Å². The summed E-state index contributed by atoms with van der Waals surface area (Å²) in [6.45, 7) is 1.36. The lowest BCUT2D eigenvalue weighted by Gasteiger charge is -2.26. The maximum atomic E-state index is 12.5. The molecular formula is C13H17ClN2O4S. The zero-order chi connectivity index (χ0) is 15.6. The van der Waals surface area contributed by atoms with E-state index in [1.165, 1.54) is 27.4 Å². The molecule has 1 aromatic carbocycles. The molecule has 1 aromatic rings. The van der Waals surface area contributed by atoms with E-state index in [0.29, 0.717) is 26.3 Å². The van der Waals surface area contributed by atoms with Crippen molar-refractivity contribution in [3.8, 4) is 0 Å². The van der Waals surface area contributed by atoms with Crippen LogP contribution in [0.1, 0.15) is 10.4 Å². The first-order valence-corrected chi connectivity index (χ1v) is 8.25. The van der Waals surface area contributed by atoms with E-state index < -0.39 is 10.0 Å². The molecule has 0 aliphatic carbocycles. The maximum Gasteiger partial charge on any atom is 0.254 e. The molecular weight excluding hydrogens is 316 g/mol. The Morgan fingerprint density at radius 2 is 1.90 bits per heavy atom. The molecule has 1 fully saturated rings. The first-order valence-electron chi connectivity index (χ1n) is 6.43. The van der Waals surface area contributed by atoms with E-state index in [9.17, 15) is 13.2 Å². The molecule has 6 nitrogen and oxygen atoms in total. The fourth-order valence-electron chi connectivity index (χ4n) is 2.01. The zero-order valence-corrected chi connectivity index (χ0v) is 13.4. The molecule has 0 aromatic heterocycles. The van der Waals surface area contributed by atoms with Gasteiger partial charge in [-0.05, 0) is 18.2 Å². The van der Waals surface area contributed by atoms with E-state index >= 15 is 0 Å². The Hall–Kier alpha value is -1.15. The third-order valence-electron chi connectivity index (χ3n) is 3.18. The average molecular weight is 333 g/mol. The van der Waals surface area contributed by atoms with E-state index in [2.05, 4.69) is 0 Å². The van der Waals surface area contributed by atoms with E-state index in [0.717, 1.165) is 0 Å². The van der Waals surface area contributed by atoms with E-state index in [1.807, 2.05) is 0 Å². The molecule has 1 heterocycles. The number of benzene rings is 1. The van der Waals surface area contributed by atoms with Gasteiger partial charge in [0.2, 0.25) is 10.0 Å². The van der Waals surface area contributed by atoms with Crippen LogP contribution in [0.2, 0.25) is 5.02 Å². The number of amides is 1. The number of hydrogen-bond acceptors (Lipinski definition) is 4. The summed E-state index contributed by atoms with van der Waals surface area (Å²) >= 11 is 6.00. The highest BCUT2D eigenvalue weighted by Crippen LogP contribution is 2.24. The summed E-state index contributed by atoms with van der Waals surface area (Å²) in [6, 6.07) is 4.18. The van der Waals surface area contributed by atoms with Crippen LogP contribution in [0, 0.1) is 0 Å². The predicted molar refractivity (Wildman–Crippen MR) is 79.0 cm³/mol. The summed E-state index contributed by atoms with van der Waals surface area (Å²) < 4.78 is 31.6. The molecule has 0 spiro atoms. The Morgan fingerprint density at radius 3 is 2.48 bits per heavy atom. The summed E-state index contributed by atoms with van der Waals surface area (Å²) in [7, 11) is -0.466. The molecule has 2 rings (SSSR count). The van der Waals surface area contributed by atoms with Gasteiger partial charge in [0.15, 0.2) is 0 Å². The van der Waals surface area contributed by atoms with Gasteiger partial charge in [-0.15, -0.1) is 0 Å². The van der Waals surface area contributed by atoms with Crippen molar-refractivity contribution in [2.45, 2.75) is 4.90 Å². The fraction of sp³-hybridized carbons (Fsp3) is 0.462. The van der Waals surface area contributed by atoms with Gasteiger partial charge in [0.1, 0.15) is 0 Å². The van der Waals surface area contributed by atoms with Crippen LogP contribution in [0.5, 0.6) is 0 Å². The van der Waals surface area contributed by atoms with Gasteiger partial charge in [-0.25, -0.2) is 8.42 Å². The van der Waals surface area contributed by atoms with Crippen LogP contribution < -0.4 is 0 Å². The van der Waals surface area contributed by atoms with E-state index in [-0.39, 0.29) is 21.4 Å². The molecule has 8 heteroatoms. The summed E-state index contributed by atoms with van der Waals surface area (Å²) in [4.78, 5) is 13.5. The van der Waals surface area contributed by atoms with Gasteiger partial charge < -0.3 is 9.64 Å². The third-order valence-corrected chi connectivity index (χ3v) is 5.41. The van der Waals surface area contributed by atoms with Crippen molar-refractivity contribution in [2.24, 2.45) is 0 Å². The number of nitrogens with zero attached hydrogens (tertiary/aromatic N) is 2. The van der Waals surface area contributed by atoms with Crippen molar-refractivity contribution in [2.75, 3.05) is 40.4 Å². The summed E-state index contributed by atoms with van der Waals surface area (Å²) in [6.07, 6.45) is 0. The van der Waals surface area contributed by atoms with Crippen molar-refractivity contribution in [3.05, 3.63) is 28.8 Å². The van der Waals surface area contributed by atoms with Gasteiger partial charge >= 0.3 is 0 Å².